The minimum atomic E-state index is -4.24. The molecular formula is C13H19F3N2O. The van der Waals surface area contributed by atoms with E-state index >= 15 is 0 Å². The highest BCUT2D eigenvalue weighted by atomic mass is 19.4. The van der Waals surface area contributed by atoms with Crippen LogP contribution in [0.3, 0.4) is 0 Å². The van der Waals surface area contributed by atoms with Crippen LogP contribution in [-0.2, 0) is 4.74 Å². The topological polar surface area (TPSA) is 24.5 Å². The fraction of sp³-hybridized carbons (Fsp3) is 0.538. The standard InChI is InChI=1S/C13H19F3N2O/c1-18(2)12-6-3-5-11(9-12)17-7-4-8-19-10-13(14,15)16/h3,5-6,9,17H,4,7-8,10H2,1-2H3. The summed E-state index contributed by atoms with van der Waals surface area (Å²) in [5.74, 6) is 0. The molecule has 0 aliphatic rings. The van der Waals surface area contributed by atoms with Crippen LogP contribution in [0.1, 0.15) is 6.42 Å². The molecule has 0 radical (unpaired) electrons. The Morgan fingerprint density at radius 2 is 2.00 bits per heavy atom. The van der Waals surface area contributed by atoms with Gasteiger partial charge >= 0.3 is 6.18 Å². The molecule has 0 amide bonds. The normalized spacial score (nSPS) is 11.4. The van der Waals surface area contributed by atoms with E-state index in [9.17, 15) is 13.2 Å². The molecule has 1 aromatic rings. The summed E-state index contributed by atoms with van der Waals surface area (Å²) in [6, 6.07) is 7.82. The van der Waals surface area contributed by atoms with Gasteiger partial charge in [-0.05, 0) is 24.6 Å². The number of nitrogens with one attached hydrogen (secondary N) is 1. The number of benzene rings is 1. The van der Waals surface area contributed by atoms with Crippen molar-refractivity contribution < 1.29 is 17.9 Å². The Morgan fingerprint density at radius 1 is 1.26 bits per heavy atom. The van der Waals surface area contributed by atoms with Crippen LogP contribution in [0.4, 0.5) is 24.5 Å². The van der Waals surface area contributed by atoms with Crippen molar-refractivity contribution in [1.82, 2.24) is 0 Å². The van der Waals surface area contributed by atoms with Crippen LogP contribution >= 0.6 is 0 Å². The van der Waals surface area contributed by atoms with Crippen LogP contribution in [0.25, 0.3) is 0 Å². The summed E-state index contributed by atoms with van der Waals surface area (Å²) in [4.78, 5) is 1.98. The fourth-order valence-electron chi connectivity index (χ4n) is 1.49. The van der Waals surface area contributed by atoms with Crippen LogP contribution in [0, 0.1) is 0 Å². The van der Waals surface area contributed by atoms with Crippen LogP contribution in [0.2, 0.25) is 0 Å². The van der Waals surface area contributed by atoms with Crippen molar-refractivity contribution in [2.75, 3.05) is 44.1 Å². The van der Waals surface area contributed by atoms with Crippen LogP contribution < -0.4 is 10.2 Å². The molecule has 0 aromatic heterocycles. The molecule has 0 unspecified atom stereocenters. The van der Waals surface area contributed by atoms with E-state index in [0.29, 0.717) is 13.0 Å². The molecule has 0 bridgehead atoms. The zero-order valence-electron chi connectivity index (χ0n) is 11.1. The van der Waals surface area contributed by atoms with Gasteiger partial charge < -0.3 is 15.0 Å². The van der Waals surface area contributed by atoms with Crippen molar-refractivity contribution >= 4 is 11.4 Å². The zero-order chi connectivity index (χ0) is 14.3. The lowest BCUT2D eigenvalue weighted by Crippen LogP contribution is -2.18. The summed E-state index contributed by atoms with van der Waals surface area (Å²) in [7, 11) is 3.90. The maximum atomic E-state index is 11.8. The molecule has 0 heterocycles. The number of halogens is 3. The number of anilines is 2. The van der Waals surface area contributed by atoms with E-state index in [1.165, 1.54) is 0 Å². The average molecular weight is 276 g/mol. The van der Waals surface area contributed by atoms with Crippen LogP contribution in [-0.4, -0.2) is 40.0 Å². The van der Waals surface area contributed by atoms with E-state index < -0.39 is 12.8 Å². The van der Waals surface area contributed by atoms with Gasteiger partial charge in [-0.1, -0.05) is 6.07 Å². The van der Waals surface area contributed by atoms with Gasteiger partial charge in [-0.15, -0.1) is 0 Å². The third kappa shape index (κ3) is 6.91. The van der Waals surface area contributed by atoms with Gasteiger partial charge in [0.15, 0.2) is 0 Å². The van der Waals surface area contributed by atoms with Gasteiger partial charge in [-0.3, -0.25) is 0 Å². The SMILES string of the molecule is CN(C)c1cccc(NCCCOCC(F)(F)F)c1. The van der Waals surface area contributed by atoms with E-state index in [2.05, 4.69) is 10.1 Å². The maximum absolute atomic E-state index is 11.8. The predicted octanol–water partition coefficient (Wildman–Crippen LogP) is 3.13. The first-order valence-electron chi connectivity index (χ1n) is 6.04. The summed E-state index contributed by atoms with van der Waals surface area (Å²) in [5.41, 5.74) is 2.01. The van der Waals surface area contributed by atoms with E-state index in [1.807, 2.05) is 43.3 Å². The number of hydrogen-bond donors (Lipinski definition) is 1. The summed E-state index contributed by atoms with van der Waals surface area (Å²) in [5, 5.41) is 3.15. The highest BCUT2D eigenvalue weighted by Crippen LogP contribution is 2.17. The third-order valence-electron chi connectivity index (χ3n) is 2.42. The van der Waals surface area contributed by atoms with Crippen LogP contribution in [0.5, 0.6) is 0 Å². The molecule has 6 heteroatoms. The molecule has 0 fully saturated rings. The van der Waals surface area contributed by atoms with Crippen molar-refractivity contribution in [3.63, 3.8) is 0 Å². The van der Waals surface area contributed by atoms with Gasteiger partial charge in [0.05, 0.1) is 0 Å². The molecule has 3 nitrogen and oxygen atoms in total. The lowest BCUT2D eigenvalue weighted by atomic mass is 10.2. The Labute approximate surface area is 111 Å². The third-order valence-corrected chi connectivity index (χ3v) is 2.42. The van der Waals surface area contributed by atoms with Crippen molar-refractivity contribution in [2.45, 2.75) is 12.6 Å². The molecule has 108 valence electrons. The number of nitrogens with zero attached hydrogens (tertiary/aromatic N) is 1. The van der Waals surface area contributed by atoms with E-state index in [4.69, 9.17) is 0 Å². The smallest absolute Gasteiger partial charge is 0.385 e. The molecule has 0 saturated heterocycles. The predicted molar refractivity (Wildman–Crippen MR) is 70.7 cm³/mol. The quantitative estimate of drug-likeness (QED) is 0.774. The van der Waals surface area contributed by atoms with Gasteiger partial charge in [-0.25, -0.2) is 0 Å². The summed E-state index contributed by atoms with van der Waals surface area (Å²) < 4.78 is 39.9. The molecule has 0 saturated carbocycles. The van der Waals surface area contributed by atoms with Gasteiger partial charge in [0.2, 0.25) is 0 Å². The first kappa shape index (κ1) is 15.6. The maximum Gasteiger partial charge on any atom is 0.411 e. The number of hydrogen-bond acceptors (Lipinski definition) is 3. The van der Waals surface area contributed by atoms with Crippen molar-refractivity contribution in [3.05, 3.63) is 24.3 Å². The Morgan fingerprint density at radius 3 is 2.63 bits per heavy atom. The van der Waals surface area contributed by atoms with Gasteiger partial charge in [0, 0.05) is 38.6 Å². The Hall–Kier alpha value is -1.43. The number of ether oxygens (including phenoxy) is 1. The number of alkyl halides is 3. The zero-order valence-corrected chi connectivity index (χ0v) is 11.1. The first-order chi connectivity index (χ1) is 8.88. The summed E-state index contributed by atoms with van der Waals surface area (Å²) in [6.07, 6.45) is -3.71. The first-order valence-corrected chi connectivity index (χ1v) is 6.04. The lowest BCUT2D eigenvalue weighted by molar-refractivity contribution is -0.173. The molecule has 1 aromatic carbocycles. The van der Waals surface area contributed by atoms with E-state index in [0.717, 1.165) is 11.4 Å². The Kier molecular flexibility index (Phi) is 5.95. The Balaban J connectivity index is 2.21. The molecule has 0 spiro atoms. The highest BCUT2D eigenvalue weighted by Gasteiger charge is 2.27. The molecule has 0 aliphatic carbocycles. The van der Waals surface area contributed by atoms with E-state index in [1.54, 1.807) is 0 Å². The molecular weight excluding hydrogens is 257 g/mol. The van der Waals surface area contributed by atoms with Crippen molar-refractivity contribution in [1.29, 1.82) is 0 Å². The highest BCUT2D eigenvalue weighted by molar-refractivity contribution is 5.57. The van der Waals surface area contributed by atoms with Gasteiger partial charge in [-0.2, -0.15) is 13.2 Å². The second-order valence-corrected chi connectivity index (χ2v) is 4.39. The summed E-state index contributed by atoms with van der Waals surface area (Å²) >= 11 is 0. The lowest BCUT2D eigenvalue weighted by Gasteiger charge is -2.14. The second-order valence-electron chi connectivity index (χ2n) is 4.39. The monoisotopic (exact) mass is 276 g/mol. The minimum Gasteiger partial charge on any atom is -0.385 e. The van der Waals surface area contributed by atoms with Gasteiger partial charge in [0.1, 0.15) is 6.61 Å². The summed E-state index contributed by atoms with van der Waals surface area (Å²) in [6.45, 7) is -0.502. The second kappa shape index (κ2) is 7.23. The number of rotatable bonds is 7. The molecule has 0 atom stereocenters. The van der Waals surface area contributed by atoms with Crippen LogP contribution in [0.15, 0.2) is 24.3 Å². The van der Waals surface area contributed by atoms with Crippen molar-refractivity contribution in [2.24, 2.45) is 0 Å². The fourth-order valence-corrected chi connectivity index (χ4v) is 1.49. The molecule has 1 N–H and O–H groups in total. The van der Waals surface area contributed by atoms with E-state index in [-0.39, 0.29) is 6.61 Å². The average Bonchev–Trinajstić information content (AvgIpc) is 2.32. The molecule has 19 heavy (non-hydrogen) atoms. The molecule has 0 aliphatic heterocycles. The van der Waals surface area contributed by atoms with Gasteiger partial charge in [0.25, 0.3) is 0 Å². The largest absolute Gasteiger partial charge is 0.411 e. The molecule has 1 rings (SSSR count). The van der Waals surface area contributed by atoms with Crippen molar-refractivity contribution in [3.8, 4) is 0 Å². The Bertz CT molecular complexity index is 380. The minimum absolute atomic E-state index is 0.0971.